The topological polar surface area (TPSA) is 147 Å². The molecule has 4 aliphatic carbocycles. The van der Waals surface area contributed by atoms with E-state index in [2.05, 4.69) is 0 Å². The zero-order chi connectivity index (χ0) is 25.5. The van der Waals surface area contributed by atoms with Gasteiger partial charge in [-0.25, -0.2) is 0 Å². The Balaban J connectivity index is 1.64. The monoisotopic (exact) mass is 488 g/mol. The molecule has 1 aliphatic heterocycles. The lowest BCUT2D eigenvalue weighted by Crippen LogP contribution is -2.62. The molecule has 0 amide bonds. The Labute approximate surface area is 203 Å². The number of hydrogen-bond donors (Lipinski definition) is 3. The number of esters is 2. The van der Waals surface area contributed by atoms with Crippen LogP contribution in [0.5, 0.6) is 0 Å². The number of ether oxygens (including phenoxy) is 2. The van der Waals surface area contributed by atoms with Crippen molar-refractivity contribution in [2.75, 3.05) is 6.61 Å². The molecule has 5 rings (SSSR count). The molecule has 0 aromatic rings. The van der Waals surface area contributed by atoms with Gasteiger partial charge >= 0.3 is 11.9 Å². The Kier molecular flexibility index (Phi) is 5.44. The van der Waals surface area contributed by atoms with Crippen molar-refractivity contribution in [1.82, 2.24) is 0 Å². The number of allylic oxidation sites excluding steroid dienone is 2. The van der Waals surface area contributed by atoms with Crippen LogP contribution in [0.3, 0.4) is 0 Å². The van der Waals surface area contributed by atoms with Crippen LogP contribution in [-0.2, 0) is 28.7 Å². The van der Waals surface area contributed by atoms with Crippen LogP contribution in [0.1, 0.15) is 65.7 Å². The maximum atomic E-state index is 13.3. The van der Waals surface area contributed by atoms with Crippen molar-refractivity contribution in [2.24, 2.45) is 28.6 Å². The molecular weight excluding hydrogens is 456 g/mol. The number of rotatable bonds is 2. The summed E-state index contributed by atoms with van der Waals surface area (Å²) in [5.41, 5.74) is -2.42. The Morgan fingerprint density at radius 1 is 1.03 bits per heavy atom. The molecule has 4 fully saturated rings. The molecule has 5 aliphatic rings. The number of aliphatic hydroxyl groups excluding tert-OH is 2. The molecule has 0 aromatic carbocycles. The highest BCUT2D eigenvalue weighted by Crippen LogP contribution is 2.68. The zero-order valence-corrected chi connectivity index (χ0v) is 20.3. The second-order valence-corrected chi connectivity index (χ2v) is 11.2. The summed E-state index contributed by atoms with van der Waals surface area (Å²) >= 11 is 0. The number of carbonyl (C=O) groups is 4. The molecule has 0 radical (unpaired) electrons. The normalized spacial score (nSPS) is 43.3. The van der Waals surface area contributed by atoms with Gasteiger partial charge in [0.05, 0.1) is 18.9 Å². The smallest absolute Gasteiger partial charge is 0.311 e. The minimum atomic E-state index is -1.72. The number of aliphatic hydroxyl groups is 3. The molecule has 3 N–H and O–H groups in total. The molecule has 190 valence electrons. The molecule has 1 heterocycles. The van der Waals surface area contributed by atoms with Gasteiger partial charge < -0.3 is 24.8 Å². The van der Waals surface area contributed by atoms with Crippen LogP contribution in [0.4, 0.5) is 0 Å². The van der Waals surface area contributed by atoms with Gasteiger partial charge in [-0.2, -0.15) is 0 Å². The minimum Gasteiger partial charge on any atom is -0.422 e. The highest BCUT2D eigenvalue weighted by Gasteiger charge is 2.69. The van der Waals surface area contributed by atoms with Crippen LogP contribution < -0.4 is 0 Å². The van der Waals surface area contributed by atoms with Gasteiger partial charge in [0.25, 0.3) is 5.78 Å². The van der Waals surface area contributed by atoms with Crippen molar-refractivity contribution >= 4 is 23.5 Å². The van der Waals surface area contributed by atoms with E-state index in [9.17, 15) is 34.5 Å². The third-order valence-electron chi connectivity index (χ3n) is 10.0. The summed E-state index contributed by atoms with van der Waals surface area (Å²) in [5, 5.41) is 32.5. The van der Waals surface area contributed by atoms with E-state index in [0.717, 1.165) is 0 Å². The van der Waals surface area contributed by atoms with Gasteiger partial charge in [-0.3, -0.25) is 19.2 Å². The van der Waals surface area contributed by atoms with E-state index >= 15 is 0 Å². The summed E-state index contributed by atoms with van der Waals surface area (Å²) in [4.78, 5) is 50.6. The molecule has 9 heteroatoms. The lowest BCUT2D eigenvalue weighted by molar-refractivity contribution is -0.179. The quantitative estimate of drug-likeness (QED) is 0.492. The first-order chi connectivity index (χ1) is 16.4. The molecule has 0 aromatic heterocycles. The average molecular weight is 489 g/mol. The molecule has 9 nitrogen and oxygen atoms in total. The standard InChI is InChI=1S/C26H32O9/c1-12-22-21(32)23(35-19(31)7-6-18(30)34-22)15-5-4-13-14-8-9-26(33,17(29)11-27)24(14,2)10-16(28)20(13)25(12,15)3/h13-14,16,20,27-28,33H,4-11H2,1-3H3/t13-,14-,16-,20+,24-,25+,26-/m0/s1. The van der Waals surface area contributed by atoms with E-state index < -0.39 is 58.6 Å². The highest BCUT2D eigenvalue weighted by molar-refractivity contribution is 6.10. The Morgan fingerprint density at radius 3 is 2.29 bits per heavy atom. The molecule has 2 bridgehead atoms. The van der Waals surface area contributed by atoms with Crippen molar-refractivity contribution in [3.8, 4) is 0 Å². The maximum absolute atomic E-state index is 13.3. The summed E-state index contributed by atoms with van der Waals surface area (Å²) in [6.07, 6.45) is 0.557. The van der Waals surface area contributed by atoms with Gasteiger partial charge in [0.15, 0.2) is 17.3 Å². The number of ketones is 2. The first-order valence-electron chi connectivity index (χ1n) is 12.4. The van der Waals surface area contributed by atoms with Crippen molar-refractivity contribution in [1.29, 1.82) is 0 Å². The second-order valence-electron chi connectivity index (χ2n) is 11.2. The fourth-order valence-electron chi connectivity index (χ4n) is 8.17. The summed E-state index contributed by atoms with van der Waals surface area (Å²) < 4.78 is 11.0. The minimum absolute atomic E-state index is 0.104. The zero-order valence-electron chi connectivity index (χ0n) is 20.3. The molecular formula is C26H32O9. The number of Topliss-reactive ketones (excluding diaryl/α,β-unsaturated/α-hetero) is 2. The largest absolute Gasteiger partial charge is 0.422 e. The fourth-order valence-corrected chi connectivity index (χ4v) is 8.17. The van der Waals surface area contributed by atoms with E-state index in [0.29, 0.717) is 30.4 Å². The molecule has 3 saturated carbocycles. The van der Waals surface area contributed by atoms with Crippen molar-refractivity contribution < 1.29 is 44.0 Å². The highest BCUT2D eigenvalue weighted by atomic mass is 16.6. The number of fused-ring (bicyclic) bond motifs is 7. The average Bonchev–Trinajstić information content (AvgIpc) is 3.10. The first-order valence-corrected chi connectivity index (χ1v) is 12.4. The van der Waals surface area contributed by atoms with Gasteiger partial charge in [0.2, 0.25) is 0 Å². The Morgan fingerprint density at radius 2 is 1.66 bits per heavy atom. The van der Waals surface area contributed by atoms with E-state index in [4.69, 9.17) is 9.47 Å². The number of hydrogen-bond acceptors (Lipinski definition) is 9. The van der Waals surface area contributed by atoms with Crippen molar-refractivity contribution in [3.05, 3.63) is 22.7 Å². The van der Waals surface area contributed by atoms with E-state index in [1.807, 2.05) is 13.8 Å². The predicted octanol–water partition coefficient (Wildman–Crippen LogP) is 1.48. The van der Waals surface area contributed by atoms with Crippen molar-refractivity contribution in [2.45, 2.75) is 77.4 Å². The van der Waals surface area contributed by atoms with Gasteiger partial charge in [-0.1, -0.05) is 13.8 Å². The lowest BCUT2D eigenvalue weighted by atomic mass is 9.44. The summed E-state index contributed by atoms with van der Waals surface area (Å²) in [6, 6.07) is 0. The SMILES string of the molecule is CC1=C2OC(=O)CCC(=O)OC(=C3CC[C@@H]4[C@H]([C@@H](O)C[C@@]5(C)[C@H]4CC[C@]5(O)C(=O)CO)[C@]13C)C2=O. The first kappa shape index (κ1) is 24.3. The predicted molar refractivity (Wildman–Crippen MR) is 119 cm³/mol. The van der Waals surface area contributed by atoms with Gasteiger partial charge in [-0.05, 0) is 62.0 Å². The maximum Gasteiger partial charge on any atom is 0.311 e. The van der Waals surface area contributed by atoms with Crippen LogP contribution in [0.15, 0.2) is 22.7 Å². The second kappa shape index (κ2) is 7.82. The number of carbonyl (C=O) groups excluding carboxylic acids is 4. The molecule has 0 spiro atoms. The van der Waals surface area contributed by atoms with Crippen LogP contribution in [-0.4, -0.2) is 57.1 Å². The Bertz CT molecular complexity index is 1100. The molecule has 35 heavy (non-hydrogen) atoms. The van der Waals surface area contributed by atoms with Gasteiger partial charge in [0, 0.05) is 16.7 Å². The third-order valence-corrected chi connectivity index (χ3v) is 10.0. The van der Waals surface area contributed by atoms with Crippen molar-refractivity contribution in [3.63, 3.8) is 0 Å². The molecule has 1 saturated heterocycles. The van der Waals surface area contributed by atoms with Gasteiger partial charge in [0.1, 0.15) is 12.2 Å². The van der Waals surface area contributed by atoms with Gasteiger partial charge in [-0.15, -0.1) is 0 Å². The third kappa shape index (κ3) is 3.04. The van der Waals surface area contributed by atoms with Crippen LogP contribution in [0.25, 0.3) is 0 Å². The van der Waals surface area contributed by atoms with Crippen LogP contribution in [0.2, 0.25) is 0 Å². The van der Waals surface area contributed by atoms with Crippen LogP contribution >= 0.6 is 0 Å². The van der Waals surface area contributed by atoms with E-state index in [1.54, 1.807) is 6.92 Å². The lowest BCUT2D eigenvalue weighted by Gasteiger charge is -2.60. The molecule has 7 atom stereocenters. The van der Waals surface area contributed by atoms with E-state index in [-0.39, 0.29) is 49.0 Å². The fraction of sp³-hybridized carbons (Fsp3) is 0.692. The Hall–Kier alpha value is -2.36. The van der Waals surface area contributed by atoms with E-state index in [1.165, 1.54) is 0 Å². The summed E-state index contributed by atoms with van der Waals surface area (Å²) in [5.74, 6) is -3.50. The molecule has 0 unspecified atom stereocenters. The summed E-state index contributed by atoms with van der Waals surface area (Å²) in [6.45, 7) is 4.68. The summed E-state index contributed by atoms with van der Waals surface area (Å²) in [7, 11) is 0. The van der Waals surface area contributed by atoms with Crippen LogP contribution in [0, 0.1) is 28.6 Å².